The minimum absolute atomic E-state index is 0.131. The fraction of sp³-hybridized carbons (Fsp3) is 0.846. The number of aliphatic hydroxyl groups excluding tert-OH is 1. The van der Waals surface area contributed by atoms with Crippen molar-refractivity contribution in [1.82, 2.24) is 5.32 Å². The third-order valence-electron chi connectivity index (χ3n) is 4.34. The molecule has 2 rings (SSSR count). The standard InChI is InChI=1S/C13H21NO4/c15-11-4-2-1-3-8(11)7-14-12(16)9-5-6-10(9)13(17)18/h8-11,15H,1-7H2,(H,14,16)(H,17,18). The van der Waals surface area contributed by atoms with Gasteiger partial charge < -0.3 is 15.5 Å². The number of carboxylic acids is 1. The number of aliphatic carboxylic acids is 1. The first-order chi connectivity index (χ1) is 8.59. The fourth-order valence-corrected chi connectivity index (χ4v) is 2.90. The topological polar surface area (TPSA) is 86.6 Å². The SMILES string of the molecule is O=C(O)C1CCC1C(=O)NCC1CCCCC1O. The Morgan fingerprint density at radius 2 is 1.72 bits per heavy atom. The average Bonchev–Trinajstić information content (AvgIpc) is 2.25. The molecule has 102 valence electrons. The molecule has 2 aliphatic carbocycles. The summed E-state index contributed by atoms with van der Waals surface area (Å²) in [7, 11) is 0. The summed E-state index contributed by atoms with van der Waals surface area (Å²) in [6, 6.07) is 0. The Balaban J connectivity index is 1.76. The second kappa shape index (κ2) is 5.69. The molecule has 0 aromatic carbocycles. The summed E-state index contributed by atoms with van der Waals surface area (Å²) in [6.07, 6.45) is 4.83. The van der Waals surface area contributed by atoms with Gasteiger partial charge in [-0.3, -0.25) is 9.59 Å². The lowest BCUT2D eigenvalue weighted by Crippen LogP contribution is -2.46. The van der Waals surface area contributed by atoms with Crippen LogP contribution >= 0.6 is 0 Å². The van der Waals surface area contributed by atoms with Crippen LogP contribution in [0.2, 0.25) is 0 Å². The second-order valence-electron chi connectivity index (χ2n) is 5.49. The van der Waals surface area contributed by atoms with Crippen molar-refractivity contribution in [2.45, 2.75) is 44.6 Å². The highest BCUT2D eigenvalue weighted by Gasteiger charge is 2.41. The molecule has 1 amide bonds. The van der Waals surface area contributed by atoms with Crippen molar-refractivity contribution in [2.24, 2.45) is 17.8 Å². The number of carbonyl (C=O) groups excluding carboxylic acids is 1. The molecule has 0 aliphatic heterocycles. The number of carboxylic acid groups (broad SMARTS) is 1. The zero-order valence-corrected chi connectivity index (χ0v) is 10.5. The molecule has 0 saturated heterocycles. The minimum Gasteiger partial charge on any atom is -0.481 e. The van der Waals surface area contributed by atoms with Crippen molar-refractivity contribution in [1.29, 1.82) is 0 Å². The smallest absolute Gasteiger partial charge is 0.307 e. The van der Waals surface area contributed by atoms with E-state index in [-0.39, 0.29) is 23.8 Å². The number of hydrogen-bond donors (Lipinski definition) is 3. The monoisotopic (exact) mass is 255 g/mol. The molecule has 0 heterocycles. The van der Waals surface area contributed by atoms with Gasteiger partial charge in [-0.1, -0.05) is 12.8 Å². The van der Waals surface area contributed by atoms with E-state index in [0.717, 1.165) is 25.7 Å². The number of carbonyl (C=O) groups is 2. The first kappa shape index (κ1) is 13.3. The van der Waals surface area contributed by atoms with Gasteiger partial charge in [0.25, 0.3) is 0 Å². The van der Waals surface area contributed by atoms with E-state index in [1.165, 1.54) is 0 Å². The molecular weight excluding hydrogens is 234 g/mol. The van der Waals surface area contributed by atoms with Gasteiger partial charge in [0, 0.05) is 12.5 Å². The van der Waals surface area contributed by atoms with Crippen molar-refractivity contribution >= 4 is 11.9 Å². The third kappa shape index (κ3) is 2.83. The number of rotatable bonds is 4. The van der Waals surface area contributed by atoms with E-state index >= 15 is 0 Å². The zero-order valence-electron chi connectivity index (χ0n) is 10.5. The molecule has 0 aromatic heterocycles. The van der Waals surface area contributed by atoms with E-state index in [9.17, 15) is 14.7 Å². The maximum absolute atomic E-state index is 11.8. The first-order valence-corrected chi connectivity index (χ1v) is 6.78. The number of aliphatic hydroxyl groups is 1. The molecule has 5 heteroatoms. The summed E-state index contributed by atoms with van der Waals surface area (Å²) in [5.41, 5.74) is 0. The van der Waals surface area contributed by atoms with Crippen LogP contribution in [0.5, 0.6) is 0 Å². The largest absolute Gasteiger partial charge is 0.481 e. The van der Waals surface area contributed by atoms with Gasteiger partial charge in [-0.15, -0.1) is 0 Å². The van der Waals surface area contributed by atoms with Crippen LogP contribution in [0.1, 0.15) is 38.5 Å². The molecule has 4 unspecified atom stereocenters. The summed E-state index contributed by atoms with van der Waals surface area (Å²) in [6.45, 7) is 0.475. The van der Waals surface area contributed by atoms with Gasteiger partial charge >= 0.3 is 5.97 Å². The molecule has 18 heavy (non-hydrogen) atoms. The van der Waals surface area contributed by atoms with Gasteiger partial charge in [-0.25, -0.2) is 0 Å². The Hall–Kier alpha value is -1.10. The highest BCUT2D eigenvalue weighted by Crippen LogP contribution is 2.34. The quantitative estimate of drug-likeness (QED) is 0.692. The van der Waals surface area contributed by atoms with Crippen LogP contribution in [0.3, 0.4) is 0 Å². The Morgan fingerprint density at radius 3 is 2.28 bits per heavy atom. The Kier molecular flexibility index (Phi) is 4.22. The van der Waals surface area contributed by atoms with Gasteiger partial charge in [0.05, 0.1) is 17.9 Å². The van der Waals surface area contributed by atoms with Gasteiger partial charge in [-0.2, -0.15) is 0 Å². The molecule has 2 saturated carbocycles. The summed E-state index contributed by atoms with van der Waals surface area (Å²) in [5, 5.41) is 21.5. The van der Waals surface area contributed by atoms with Gasteiger partial charge in [0.2, 0.25) is 5.91 Å². The highest BCUT2D eigenvalue weighted by molar-refractivity contribution is 5.86. The molecule has 0 radical (unpaired) electrons. The third-order valence-corrected chi connectivity index (χ3v) is 4.34. The maximum Gasteiger partial charge on any atom is 0.307 e. The van der Waals surface area contributed by atoms with E-state index in [1.54, 1.807) is 0 Å². The molecule has 3 N–H and O–H groups in total. The zero-order chi connectivity index (χ0) is 13.1. The van der Waals surface area contributed by atoms with Crippen molar-refractivity contribution in [2.75, 3.05) is 6.54 Å². The number of nitrogens with one attached hydrogen (secondary N) is 1. The van der Waals surface area contributed by atoms with E-state index in [1.807, 2.05) is 0 Å². The van der Waals surface area contributed by atoms with Gasteiger partial charge in [-0.05, 0) is 25.7 Å². The van der Waals surface area contributed by atoms with Crippen LogP contribution < -0.4 is 5.32 Å². The summed E-state index contributed by atoms with van der Waals surface area (Å²) in [4.78, 5) is 22.7. The molecular formula is C13H21NO4. The lowest BCUT2D eigenvalue weighted by molar-refractivity contribution is -0.152. The normalized spacial score (nSPS) is 35.6. The average molecular weight is 255 g/mol. The Labute approximate surface area is 107 Å². The fourth-order valence-electron chi connectivity index (χ4n) is 2.90. The predicted octanol–water partition coefficient (Wildman–Crippen LogP) is 0.764. The molecule has 2 fully saturated rings. The molecule has 2 aliphatic rings. The van der Waals surface area contributed by atoms with E-state index < -0.39 is 11.9 Å². The van der Waals surface area contributed by atoms with E-state index in [4.69, 9.17) is 5.11 Å². The van der Waals surface area contributed by atoms with Crippen LogP contribution in [0.4, 0.5) is 0 Å². The Morgan fingerprint density at radius 1 is 1.06 bits per heavy atom. The summed E-state index contributed by atoms with van der Waals surface area (Å²) in [5.74, 6) is -1.79. The Bertz CT molecular complexity index is 331. The first-order valence-electron chi connectivity index (χ1n) is 6.78. The van der Waals surface area contributed by atoms with Gasteiger partial charge in [0.15, 0.2) is 0 Å². The number of hydrogen-bond acceptors (Lipinski definition) is 3. The lowest BCUT2D eigenvalue weighted by Gasteiger charge is -2.33. The van der Waals surface area contributed by atoms with Crippen LogP contribution in [-0.2, 0) is 9.59 Å². The predicted molar refractivity (Wildman–Crippen MR) is 64.8 cm³/mol. The molecule has 4 atom stereocenters. The van der Waals surface area contributed by atoms with E-state index in [0.29, 0.717) is 19.4 Å². The van der Waals surface area contributed by atoms with Crippen LogP contribution in [-0.4, -0.2) is 34.7 Å². The minimum atomic E-state index is -0.876. The van der Waals surface area contributed by atoms with Gasteiger partial charge in [0.1, 0.15) is 0 Å². The van der Waals surface area contributed by atoms with Crippen LogP contribution in [0.25, 0.3) is 0 Å². The van der Waals surface area contributed by atoms with E-state index in [2.05, 4.69) is 5.32 Å². The molecule has 5 nitrogen and oxygen atoms in total. The second-order valence-corrected chi connectivity index (χ2v) is 5.49. The maximum atomic E-state index is 11.8. The van der Waals surface area contributed by atoms with Crippen molar-refractivity contribution in [3.05, 3.63) is 0 Å². The van der Waals surface area contributed by atoms with Crippen molar-refractivity contribution in [3.63, 3.8) is 0 Å². The van der Waals surface area contributed by atoms with Crippen LogP contribution in [0.15, 0.2) is 0 Å². The van der Waals surface area contributed by atoms with Crippen molar-refractivity contribution in [3.8, 4) is 0 Å². The highest BCUT2D eigenvalue weighted by atomic mass is 16.4. The summed E-state index contributed by atoms with van der Waals surface area (Å²) < 4.78 is 0. The van der Waals surface area contributed by atoms with Crippen LogP contribution in [0, 0.1) is 17.8 Å². The number of amides is 1. The lowest BCUT2D eigenvalue weighted by atomic mass is 9.73. The molecule has 0 spiro atoms. The van der Waals surface area contributed by atoms with Crippen molar-refractivity contribution < 1.29 is 19.8 Å². The molecule has 0 bridgehead atoms. The molecule has 0 aromatic rings. The summed E-state index contributed by atoms with van der Waals surface area (Å²) >= 11 is 0.